The van der Waals surface area contributed by atoms with E-state index in [1.165, 1.54) is 12.1 Å². The highest BCUT2D eigenvalue weighted by molar-refractivity contribution is 7.20. The minimum absolute atomic E-state index is 0.294. The second kappa shape index (κ2) is 4.81. The lowest BCUT2D eigenvalue weighted by atomic mass is 10.3. The maximum atomic E-state index is 13.0. The van der Waals surface area contributed by atoms with Gasteiger partial charge in [-0.3, -0.25) is 4.79 Å². The Bertz CT molecular complexity index is 721. The second-order valence-electron chi connectivity index (χ2n) is 3.89. The Hall–Kier alpha value is -2.21. The molecule has 3 aromatic rings. The zero-order valence-corrected chi connectivity index (χ0v) is 10.5. The molecular formula is C13H9FN2O2S. The van der Waals surface area contributed by atoms with E-state index in [-0.39, 0.29) is 11.7 Å². The van der Waals surface area contributed by atoms with Gasteiger partial charge in [0.05, 0.1) is 23.0 Å². The second-order valence-corrected chi connectivity index (χ2v) is 4.92. The molecule has 19 heavy (non-hydrogen) atoms. The Kier molecular flexibility index (Phi) is 3.00. The molecule has 0 spiro atoms. The summed E-state index contributed by atoms with van der Waals surface area (Å²) in [5, 5.41) is 3.01. The van der Waals surface area contributed by atoms with Crippen molar-refractivity contribution in [3.05, 3.63) is 53.2 Å². The summed E-state index contributed by atoms with van der Waals surface area (Å²) in [6, 6.07) is 7.78. The van der Waals surface area contributed by atoms with Gasteiger partial charge in [0, 0.05) is 0 Å². The normalized spacial score (nSPS) is 10.8. The molecule has 1 amide bonds. The zero-order valence-electron chi connectivity index (χ0n) is 9.72. The summed E-state index contributed by atoms with van der Waals surface area (Å²) < 4.78 is 18.8. The fraction of sp³-hybridized carbons (Fsp3) is 0.0769. The molecule has 0 aliphatic rings. The first-order valence-corrected chi connectivity index (χ1v) is 6.41. The molecule has 0 unspecified atom stereocenters. The van der Waals surface area contributed by atoms with Gasteiger partial charge < -0.3 is 9.73 Å². The highest BCUT2D eigenvalue weighted by Crippen LogP contribution is 2.22. The number of furan rings is 1. The Morgan fingerprint density at radius 1 is 1.42 bits per heavy atom. The van der Waals surface area contributed by atoms with E-state index >= 15 is 0 Å². The number of amides is 1. The number of nitrogens with one attached hydrogen (secondary N) is 1. The van der Waals surface area contributed by atoms with Crippen molar-refractivity contribution in [1.29, 1.82) is 0 Å². The van der Waals surface area contributed by atoms with Crippen molar-refractivity contribution in [2.24, 2.45) is 0 Å². The number of nitrogens with zero attached hydrogens (tertiary/aromatic N) is 1. The monoisotopic (exact) mass is 276 g/mol. The fourth-order valence-corrected chi connectivity index (χ4v) is 2.56. The van der Waals surface area contributed by atoms with Gasteiger partial charge in [0.1, 0.15) is 11.6 Å². The lowest BCUT2D eigenvalue weighted by Crippen LogP contribution is -2.22. The molecule has 0 radical (unpaired) electrons. The van der Waals surface area contributed by atoms with Crippen LogP contribution in [0, 0.1) is 5.82 Å². The molecule has 0 aliphatic carbocycles. The van der Waals surface area contributed by atoms with E-state index in [0.29, 0.717) is 27.5 Å². The Morgan fingerprint density at radius 3 is 3.11 bits per heavy atom. The van der Waals surface area contributed by atoms with E-state index in [9.17, 15) is 9.18 Å². The molecule has 0 saturated heterocycles. The van der Waals surface area contributed by atoms with Gasteiger partial charge in [0.25, 0.3) is 5.91 Å². The summed E-state index contributed by atoms with van der Waals surface area (Å²) >= 11 is 1.16. The topological polar surface area (TPSA) is 55.1 Å². The van der Waals surface area contributed by atoms with Gasteiger partial charge in [-0.05, 0) is 30.3 Å². The highest BCUT2D eigenvalue weighted by Gasteiger charge is 2.12. The van der Waals surface area contributed by atoms with Crippen LogP contribution in [0.3, 0.4) is 0 Å². The van der Waals surface area contributed by atoms with Crippen LogP contribution in [0.4, 0.5) is 4.39 Å². The lowest BCUT2D eigenvalue weighted by Gasteiger charge is -1.98. The number of hydrogen-bond donors (Lipinski definition) is 1. The maximum Gasteiger partial charge on any atom is 0.280 e. The molecule has 0 fully saturated rings. The predicted molar refractivity (Wildman–Crippen MR) is 69.5 cm³/mol. The van der Waals surface area contributed by atoms with Crippen LogP contribution in [-0.4, -0.2) is 10.9 Å². The molecule has 1 aromatic carbocycles. The minimum atomic E-state index is -0.335. The third-order valence-electron chi connectivity index (χ3n) is 2.55. The highest BCUT2D eigenvalue weighted by atomic mass is 32.1. The van der Waals surface area contributed by atoms with Crippen LogP contribution in [0.15, 0.2) is 41.0 Å². The number of halogens is 1. The molecule has 0 saturated carbocycles. The molecule has 2 heterocycles. The largest absolute Gasteiger partial charge is 0.467 e. The van der Waals surface area contributed by atoms with E-state index in [1.807, 2.05) is 0 Å². The first kappa shape index (κ1) is 11.9. The predicted octanol–water partition coefficient (Wildman–Crippen LogP) is 2.96. The number of rotatable bonds is 3. The summed E-state index contributed by atoms with van der Waals surface area (Å²) in [7, 11) is 0. The number of hydrogen-bond acceptors (Lipinski definition) is 4. The van der Waals surface area contributed by atoms with Crippen molar-refractivity contribution in [3.8, 4) is 0 Å². The Morgan fingerprint density at radius 2 is 2.32 bits per heavy atom. The third kappa shape index (κ3) is 2.48. The van der Waals surface area contributed by atoms with Gasteiger partial charge >= 0.3 is 0 Å². The summed E-state index contributed by atoms with van der Waals surface area (Å²) in [6.07, 6.45) is 1.54. The number of thiazole rings is 1. The van der Waals surface area contributed by atoms with Gasteiger partial charge in [-0.15, -0.1) is 11.3 Å². The summed E-state index contributed by atoms with van der Waals surface area (Å²) in [5.74, 6) is 0.0391. The molecule has 2 aromatic heterocycles. The summed E-state index contributed by atoms with van der Waals surface area (Å²) in [6.45, 7) is 0.302. The first-order chi connectivity index (χ1) is 9.22. The number of carbonyl (C=O) groups excluding carboxylic acids is 1. The van der Waals surface area contributed by atoms with E-state index < -0.39 is 0 Å². The molecule has 1 N–H and O–H groups in total. The molecule has 0 bridgehead atoms. The van der Waals surface area contributed by atoms with Crippen molar-refractivity contribution in [3.63, 3.8) is 0 Å². The number of fused-ring (bicyclic) bond motifs is 1. The molecule has 6 heteroatoms. The number of benzene rings is 1. The average molecular weight is 276 g/mol. The van der Waals surface area contributed by atoms with Crippen LogP contribution in [0.2, 0.25) is 0 Å². The Balaban J connectivity index is 1.77. The van der Waals surface area contributed by atoms with E-state index in [4.69, 9.17) is 4.42 Å². The van der Waals surface area contributed by atoms with Crippen molar-refractivity contribution >= 4 is 27.5 Å². The van der Waals surface area contributed by atoms with Crippen LogP contribution < -0.4 is 5.32 Å². The fourth-order valence-electron chi connectivity index (χ4n) is 1.65. The van der Waals surface area contributed by atoms with E-state index in [1.54, 1.807) is 24.5 Å². The molecule has 3 rings (SSSR count). The number of carbonyl (C=O) groups is 1. The maximum absolute atomic E-state index is 13.0. The first-order valence-electron chi connectivity index (χ1n) is 5.59. The molecule has 0 aliphatic heterocycles. The van der Waals surface area contributed by atoms with Gasteiger partial charge in [0.15, 0.2) is 5.01 Å². The average Bonchev–Trinajstić information content (AvgIpc) is 3.04. The quantitative estimate of drug-likeness (QED) is 0.800. The van der Waals surface area contributed by atoms with Gasteiger partial charge in [-0.2, -0.15) is 0 Å². The zero-order chi connectivity index (χ0) is 13.2. The van der Waals surface area contributed by atoms with Crippen molar-refractivity contribution < 1.29 is 13.6 Å². The molecule has 4 nitrogen and oxygen atoms in total. The van der Waals surface area contributed by atoms with Gasteiger partial charge in [-0.1, -0.05) is 0 Å². The Labute approximate surface area is 111 Å². The van der Waals surface area contributed by atoms with Crippen molar-refractivity contribution in [2.75, 3.05) is 0 Å². The number of aromatic nitrogens is 1. The van der Waals surface area contributed by atoms with Crippen LogP contribution in [0.5, 0.6) is 0 Å². The van der Waals surface area contributed by atoms with E-state index in [0.717, 1.165) is 11.3 Å². The van der Waals surface area contributed by atoms with Gasteiger partial charge in [0.2, 0.25) is 0 Å². The molecule has 96 valence electrons. The molecule has 0 atom stereocenters. The van der Waals surface area contributed by atoms with E-state index in [2.05, 4.69) is 10.3 Å². The van der Waals surface area contributed by atoms with Crippen LogP contribution in [-0.2, 0) is 6.54 Å². The SMILES string of the molecule is O=C(NCc1ccco1)c1nc2ccc(F)cc2s1. The lowest BCUT2D eigenvalue weighted by molar-refractivity contribution is 0.0948. The van der Waals surface area contributed by atoms with Crippen molar-refractivity contribution in [1.82, 2.24) is 10.3 Å². The van der Waals surface area contributed by atoms with Crippen LogP contribution in [0.1, 0.15) is 15.6 Å². The van der Waals surface area contributed by atoms with Crippen LogP contribution in [0.25, 0.3) is 10.2 Å². The van der Waals surface area contributed by atoms with Gasteiger partial charge in [-0.25, -0.2) is 9.37 Å². The van der Waals surface area contributed by atoms with Crippen LogP contribution >= 0.6 is 11.3 Å². The minimum Gasteiger partial charge on any atom is -0.467 e. The smallest absolute Gasteiger partial charge is 0.280 e. The molecular weight excluding hydrogens is 267 g/mol. The summed E-state index contributed by atoms with van der Waals surface area (Å²) in [4.78, 5) is 16.1. The summed E-state index contributed by atoms with van der Waals surface area (Å²) in [5.41, 5.74) is 0.620. The standard InChI is InChI=1S/C13H9FN2O2S/c14-8-3-4-10-11(6-8)19-13(16-10)12(17)15-7-9-2-1-5-18-9/h1-6H,7H2,(H,15,17). The van der Waals surface area contributed by atoms with Crippen molar-refractivity contribution in [2.45, 2.75) is 6.54 Å². The third-order valence-corrected chi connectivity index (χ3v) is 3.56.